The smallest absolute Gasteiger partial charge is 0.464 e. The van der Waals surface area contributed by atoms with Crippen LogP contribution in [0.15, 0.2) is 34.9 Å². The average molecular weight is 329 g/mol. The number of para-hydroxylation sites is 1. The van der Waals surface area contributed by atoms with Crippen LogP contribution in [0.25, 0.3) is 11.0 Å². The molecule has 2 aliphatic heterocycles. The molecule has 3 heterocycles. The van der Waals surface area contributed by atoms with E-state index in [9.17, 15) is 14.8 Å². The lowest BCUT2D eigenvalue weighted by Gasteiger charge is -2.23. The number of carbonyl (C=O) groups excluding carboxylic acids is 1. The van der Waals surface area contributed by atoms with Crippen molar-refractivity contribution in [3.05, 3.63) is 36.1 Å². The molecule has 2 aliphatic rings. The molecule has 24 heavy (non-hydrogen) atoms. The molecule has 1 unspecified atom stereocenters. The van der Waals surface area contributed by atoms with Crippen LogP contribution >= 0.6 is 0 Å². The fraction of sp³-hybridized carbons (Fsp3) is 0.471. The van der Waals surface area contributed by atoms with Crippen LogP contribution in [0.2, 0.25) is 0 Å². The van der Waals surface area contributed by atoms with Crippen LogP contribution in [-0.4, -0.2) is 41.2 Å². The predicted molar refractivity (Wildman–Crippen MR) is 88.0 cm³/mol. The first-order chi connectivity index (χ1) is 11.6. The summed E-state index contributed by atoms with van der Waals surface area (Å²) >= 11 is 0. The van der Waals surface area contributed by atoms with Crippen molar-refractivity contribution in [1.29, 1.82) is 0 Å². The summed E-state index contributed by atoms with van der Waals surface area (Å²) < 4.78 is 11.2. The number of fused-ring (bicyclic) bond motifs is 3. The minimum absolute atomic E-state index is 0.0266. The summed E-state index contributed by atoms with van der Waals surface area (Å²) in [4.78, 5) is 12.5. The summed E-state index contributed by atoms with van der Waals surface area (Å²) in [7, 11) is -1.64. The maximum Gasteiger partial charge on any atom is 0.475 e. The van der Waals surface area contributed by atoms with Crippen LogP contribution in [0.1, 0.15) is 24.8 Å². The molecule has 1 amide bonds. The lowest BCUT2D eigenvalue weighted by atomic mass is 9.75. The van der Waals surface area contributed by atoms with E-state index in [4.69, 9.17) is 9.15 Å². The number of furan rings is 1. The zero-order chi connectivity index (χ0) is 16.7. The Morgan fingerprint density at radius 2 is 2.17 bits per heavy atom. The zero-order valence-electron chi connectivity index (χ0n) is 13.2. The topological polar surface area (TPSA) is 91.9 Å². The van der Waals surface area contributed by atoms with Gasteiger partial charge in [0.05, 0.1) is 30.3 Å². The number of benzene rings is 1. The maximum absolute atomic E-state index is 12.5. The molecule has 4 atom stereocenters. The van der Waals surface area contributed by atoms with Gasteiger partial charge in [0.25, 0.3) is 0 Å². The molecule has 0 saturated carbocycles. The van der Waals surface area contributed by atoms with Gasteiger partial charge < -0.3 is 24.5 Å². The second kappa shape index (κ2) is 6.24. The van der Waals surface area contributed by atoms with Gasteiger partial charge in [-0.2, -0.15) is 0 Å². The number of nitrogens with one attached hydrogen (secondary N) is 1. The Balaban J connectivity index is 1.47. The number of amides is 1. The van der Waals surface area contributed by atoms with Crippen molar-refractivity contribution in [2.45, 2.75) is 43.8 Å². The van der Waals surface area contributed by atoms with E-state index in [0.29, 0.717) is 6.42 Å². The molecule has 2 fully saturated rings. The molecule has 0 radical (unpaired) electrons. The fourth-order valence-electron chi connectivity index (χ4n) is 3.86. The highest BCUT2D eigenvalue weighted by atomic mass is 16.5. The van der Waals surface area contributed by atoms with Crippen LogP contribution < -0.4 is 5.32 Å². The molecule has 0 aliphatic carbocycles. The number of rotatable bonds is 5. The van der Waals surface area contributed by atoms with Gasteiger partial charge in [-0.05, 0) is 37.3 Å². The second-order valence-corrected chi connectivity index (χ2v) is 6.71. The summed E-state index contributed by atoms with van der Waals surface area (Å²) in [6.45, 7) is 0. The minimum atomic E-state index is -1.64. The lowest BCUT2D eigenvalue weighted by Crippen LogP contribution is -2.50. The van der Waals surface area contributed by atoms with Gasteiger partial charge in [0.15, 0.2) is 0 Å². The molecule has 7 heteroatoms. The lowest BCUT2D eigenvalue weighted by molar-refractivity contribution is -0.126. The van der Waals surface area contributed by atoms with E-state index < -0.39 is 13.1 Å². The standard InChI is InChI=1S/C17H20BNO5/c20-17(13-8-11-5-6-15(13)24-11)19-16(18(21)22)7-10-9-23-14-4-2-1-3-12(10)14/h1-4,9,11,13,15-16,21-22H,5-8H2,(H,19,20)/t11-,13-,15+,16?/m0/s1. The van der Waals surface area contributed by atoms with Crippen molar-refractivity contribution in [2.75, 3.05) is 0 Å². The van der Waals surface area contributed by atoms with Crippen LogP contribution in [0.5, 0.6) is 0 Å². The number of ether oxygens (including phenoxy) is 1. The van der Waals surface area contributed by atoms with Crippen molar-refractivity contribution in [1.82, 2.24) is 5.32 Å². The van der Waals surface area contributed by atoms with E-state index >= 15 is 0 Å². The minimum Gasteiger partial charge on any atom is -0.464 e. The van der Waals surface area contributed by atoms with Crippen LogP contribution in [-0.2, 0) is 16.0 Å². The number of hydrogen-bond donors (Lipinski definition) is 3. The van der Waals surface area contributed by atoms with Gasteiger partial charge >= 0.3 is 7.12 Å². The van der Waals surface area contributed by atoms with E-state index in [0.717, 1.165) is 35.8 Å². The molecule has 3 N–H and O–H groups in total. The first kappa shape index (κ1) is 15.7. The molecule has 6 nitrogen and oxygen atoms in total. The van der Waals surface area contributed by atoms with Crippen molar-refractivity contribution in [3.8, 4) is 0 Å². The largest absolute Gasteiger partial charge is 0.475 e. The Kier molecular flexibility index (Phi) is 4.08. The normalized spacial score (nSPS) is 26.7. The van der Waals surface area contributed by atoms with Crippen molar-refractivity contribution >= 4 is 24.0 Å². The predicted octanol–water partition coefficient (Wildman–Crippen LogP) is 1.04. The summed E-state index contributed by atoms with van der Waals surface area (Å²) in [5, 5.41) is 23.1. The van der Waals surface area contributed by atoms with Crippen molar-refractivity contribution in [3.63, 3.8) is 0 Å². The zero-order valence-corrected chi connectivity index (χ0v) is 13.2. The Labute approximate surface area is 139 Å². The molecule has 1 aromatic carbocycles. The van der Waals surface area contributed by atoms with Crippen LogP contribution in [0, 0.1) is 5.92 Å². The van der Waals surface area contributed by atoms with Crippen LogP contribution in [0.4, 0.5) is 0 Å². The van der Waals surface area contributed by atoms with Crippen molar-refractivity contribution in [2.24, 2.45) is 5.92 Å². The first-order valence-electron chi connectivity index (χ1n) is 8.39. The molecule has 2 saturated heterocycles. The summed E-state index contributed by atoms with van der Waals surface area (Å²) in [5.74, 6) is -1.13. The Morgan fingerprint density at radius 1 is 1.33 bits per heavy atom. The highest BCUT2D eigenvalue weighted by Crippen LogP contribution is 2.38. The highest BCUT2D eigenvalue weighted by molar-refractivity contribution is 6.43. The third-order valence-corrected chi connectivity index (χ3v) is 5.13. The molecule has 2 aromatic rings. The SMILES string of the molecule is O=C(NC(Cc1coc2ccccc12)B(O)O)[C@H]1C[C@@H]2CC[C@H]1O2. The van der Waals surface area contributed by atoms with E-state index in [1.165, 1.54) is 0 Å². The van der Waals surface area contributed by atoms with Gasteiger partial charge in [0, 0.05) is 5.39 Å². The quantitative estimate of drug-likeness (QED) is 0.713. The number of hydrogen-bond acceptors (Lipinski definition) is 5. The maximum atomic E-state index is 12.5. The van der Waals surface area contributed by atoms with E-state index in [1.807, 2.05) is 24.3 Å². The highest BCUT2D eigenvalue weighted by Gasteiger charge is 2.45. The van der Waals surface area contributed by atoms with Crippen molar-refractivity contribution < 1.29 is 24.0 Å². The first-order valence-corrected chi connectivity index (χ1v) is 8.39. The Hall–Kier alpha value is -1.83. The third kappa shape index (κ3) is 2.83. The fourth-order valence-corrected chi connectivity index (χ4v) is 3.86. The molecule has 1 aromatic heterocycles. The average Bonchev–Trinajstić information content (AvgIpc) is 3.29. The molecular weight excluding hydrogens is 309 g/mol. The van der Waals surface area contributed by atoms with Gasteiger partial charge in [0.1, 0.15) is 5.58 Å². The molecule has 4 rings (SSSR count). The molecule has 0 spiro atoms. The van der Waals surface area contributed by atoms with Crippen LogP contribution in [0.3, 0.4) is 0 Å². The van der Waals surface area contributed by atoms with Gasteiger partial charge in [-0.1, -0.05) is 18.2 Å². The summed E-state index contributed by atoms with van der Waals surface area (Å²) in [6.07, 6.45) is 4.69. The van der Waals surface area contributed by atoms with Gasteiger partial charge in [-0.15, -0.1) is 0 Å². The summed E-state index contributed by atoms with van der Waals surface area (Å²) in [5.41, 5.74) is 1.58. The Morgan fingerprint density at radius 3 is 2.88 bits per heavy atom. The molecule has 126 valence electrons. The summed E-state index contributed by atoms with van der Waals surface area (Å²) in [6, 6.07) is 7.55. The monoisotopic (exact) mass is 329 g/mol. The molecular formula is C17H20BNO5. The number of carbonyl (C=O) groups is 1. The van der Waals surface area contributed by atoms with E-state index in [-0.39, 0.29) is 24.0 Å². The Bertz CT molecular complexity index is 745. The van der Waals surface area contributed by atoms with Gasteiger partial charge in [0.2, 0.25) is 5.91 Å². The van der Waals surface area contributed by atoms with Gasteiger partial charge in [-0.3, -0.25) is 4.79 Å². The van der Waals surface area contributed by atoms with E-state index in [2.05, 4.69) is 5.32 Å². The van der Waals surface area contributed by atoms with E-state index in [1.54, 1.807) is 6.26 Å². The van der Waals surface area contributed by atoms with Gasteiger partial charge in [-0.25, -0.2) is 0 Å². The molecule has 2 bridgehead atoms. The third-order valence-electron chi connectivity index (χ3n) is 5.13. The second-order valence-electron chi connectivity index (χ2n) is 6.71.